The van der Waals surface area contributed by atoms with Crippen molar-refractivity contribution in [2.75, 3.05) is 13.1 Å². The Balaban J connectivity index is 1.47. The van der Waals surface area contributed by atoms with E-state index in [1.54, 1.807) is 23.4 Å². The van der Waals surface area contributed by atoms with Gasteiger partial charge in [-0.25, -0.2) is 4.98 Å². The largest absolute Gasteiger partial charge is 0.437 e. The molecule has 7 heteroatoms. The number of carbonyl (C=O) groups is 1. The molecule has 3 aromatic rings. The summed E-state index contributed by atoms with van der Waals surface area (Å²) >= 11 is 0. The second-order valence-electron chi connectivity index (χ2n) is 6.82. The van der Waals surface area contributed by atoms with E-state index in [9.17, 15) is 4.79 Å². The predicted octanol–water partition coefficient (Wildman–Crippen LogP) is 3.84. The Morgan fingerprint density at radius 1 is 1.29 bits per heavy atom. The first-order valence-corrected chi connectivity index (χ1v) is 9.52. The van der Waals surface area contributed by atoms with E-state index in [0.29, 0.717) is 30.5 Å². The van der Waals surface area contributed by atoms with Crippen molar-refractivity contribution in [1.82, 2.24) is 20.0 Å². The van der Waals surface area contributed by atoms with Gasteiger partial charge in [-0.1, -0.05) is 30.3 Å². The number of aromatic nitrogens is 3. The Morgan fingerprint density at radius 2 is 2.14 bits per heavy atom. The van der Waals surface area contributed by atoms with Crippen LogP contribution in [0.25, 0.3) is 0 Å². The maximum Gasteiger partial charge on any atom is 0.292 e. The Kier molecular flexibility index (Phi) is 5.32. The van der Waals surface area contributed by atoms with Gasteiger partial charge in [-0.05, 0) is 31.4 Å². The molecule has 0 radical (unpaired) electrons. The highest BCUT2D eigenvalue weighted by atomic mass is 16.5. The van der Waals surface area contributed by atoms with E-state index in [1.807, 2.05) is 37.3 Å². The number of carbonyl (C=O) groups excluding carboxylic acids is 1. The van der Waals surface area contributed by atoms with Gasteiger partial charge in [-0.3, -0.25) is 9.78 Å². The summed E-state index contributed by atoms with van der Waals surface area (Å²) in [5.41, 5.74) is 1.62. The average molecular weight is 378 g/mol. The fourth-order valence-electron chi connectivity index (χ4n) is 3.36. The molecule has 28 heavy (non-hydrogen) atoms. The van der Waals surface area contributed by atoms with E-state index in [4.69, 9.17) is 9.26 Å². The summed E-state index contributed by atoms with van der Waals surface area (Å²) < 4.78 is 11.0. The summed E-state index contributed by atoms with van der Waals surface area (Å²) in [7, 11) is 0. The van der Waals surface area contributed by atoms with Crippen molar-refractivity contribution in [3.63, 3.8) is 0 Å². The standard InChI is InChI=1S/C21H22N4O3/c1-2-16-11-19(28-24-16)21(26)25-10-6-7-15(14-25)18-12-22-13-20(23-18)27-17-8-4-3-5-9-17/h3-5,8-9,11-13,15H,2,6-7,10,14H2,1H3/t15-/m1/s1. The zero-order chi connectivity index (χ0) is 19.3. The monoisotopic (exact) mass is 378 g/mol. The minimum Gasteiger partial charge on any atom is -0.437 e. The summed E-state index contributed by atoms with van der Waals surface area (Å²) in [4.78, 5) is 23.4. The van der Waals surface area contributed by atoms with Gasteiger partial charge in [0, 0.05) is 31.3 Å². The van der Waals surface area contributed by atoms with Gasteiger partial charge in [0.25, 0.3) is 5.91 Å². The number of aryl methyl sites for hydroxylation is 1. The molecule has 1 atom stereocenters. The zero-order valence-electron chi connectivity index (χ0n) is 15.7. The number of benzene rings is 1. The van der Waals surface area contributed by atoms with Crippen LogP contribution in [0.4, 0.5) is 0 Å². The van der Waals surface area contributed by atoms with Crippen LogP contribution in [-0.4, -0.2) is 39.0 Å². The number of likely N-dealkylation sites (tertiary alicyclic amines) is 1. The predicted molar refractivity (Wildman–Crippen MR) is 102 cm³/mol. The second kappa shape index (κ2) is 8.21. The number of nitrogens with zero attached hydrogens (tertiary/aromatic N) is 4. The highest BCUT2D eigenvalue weighted by molar-refractivity contribution is 5.91. The number of hydrogen-bond acceptors (Lipinski definition) is 6. The fraction of sp³-hybridized carbons (Fsp3) is 0.333. The van der Waals surface area contributed by atoms with E-state index in [-0.39, 0.29) is 11.8 Å². The van der Waals surface area contributed by atoms with Gasteiger partial charge in [0.1, 0.15) is 5.75 Å². The molecule has 3 heterocycles. The van der Waals surface area contributed by atoms with Gasteiger partial charge in [-0.15, -0.1) is 0 Å². The number of hydrogen-bond donors (Lipinski definition) is 0. The molecule has 0 aliphatic carbocycles. The van der Waals surface area contributed by atoms with Crippen molar-refractivity contribution in [1.29, 1.82) is 0 Å². The van der Waals surface area contributed by atoms with Crippen molar-refractivity contribution in [2.24, 2.45) is 0 Å². The van der Waals surface area contributed by atoms with Gasteiger partial charge in [0.15, 0.2) is 0 Å². The van der Waals surface area contributed by atoms with Crippen molar-refractivity contribution < 1.29 is 14.1 Å². The fourth-order valence-corrected chi connectivity index (χ4v) is 3.36. The van der Waals surface area contributed by atoms with Crippen LogP contribution in [0.3, 0.4) is 0 Å². The van der Waals surface area contributed by atoms with Gasteiger partial charge < -0.3 is 14.2 Å². The smallest absolute Gasteiger partial charge is 0.292 e. The Bertz CT molecular complexity index is 942. The number of piperidine rings is 1. The average Bonchev–Trinajstić information content (AvgIpc) is 3.24. The number of para-hydroxylation sites is 1. The molecule has 0 unspecified atom stereocenters. The van der Waals surface area contributed by atoms with Gasteiger partial charge in [0.05, 0.1) is 17.6 Å². The van der Waals surface area contributed by atoms with Crippen LogP contribution >= 0.6 is 0 Å². The summed E-state index contributed by atoms with van der Waals surface area (Å²) in [5.74, 6) is 1.45. The summed E-state index contributed by atoms with van der Waals surface area (Å²) in [6, 6.07) is 11.2. The lowest BCUT2D eigenvalue weighted by Crippen LogP contribution is -2.39. The molecule has 0 bridgehead atoms. The van der Waals surface area contributed by atoms with Crippen molar-refractivity contribution in [2.45, 2.75) is 32.1 Å². The maximum absolute atomic E-state index is 12.7. The molecule has 4 rings (SSSR count). The molecule has 1 aromatic carbocycles. The lowest BCUT2D eigenvalue weighted by atomic mass is 9.95. The molecular formula is C21H22N4O3. The quantitative estimate of drug-likeness (QED) is 0.671. The molecule has 1 amide bonds. The molecule has 1 saturated heterocycles. The SMILES string of the molecule is CCc1cc(C(=O)N2CCC[C@@H](c3cncc(Oc4ccccc4)n3)C2)on1. The maximum atomic E-state index is 12.7. The third-order valence-corrected chi connectivity index (χ3v) is 4.86. The van der Waals surface area contributed by atoms with Crippen LogP contribution < -0.4 is 4.74 Å². The van der Waals surface area contributed by atoms with Crippen molar-refractivity contribution >= 4 is 5.91 Å². The number of rotatable bonds is 5. The van der Waals surface area contributed by atoms with E-state index in [0.717, 1.165) is 30.7 Å². The zero-order valence-corrected chi connectivity index (χ0v) is 15.7. The molecule has 7 nitrogen and oxygen atoms in total. The molecule has 1 fully saturated rings. The molecule has 144 valence electrons. The van der Waals surface area contributed by atoms with Crippen molar-refractivity contribution in [3.05, 3.63) is 65.9 Å². The minimum atomic E-state index is -0.124. The first-order chi connectivity index (χ1) is 13.7. The normalized spacial score (nSPS) is 16.8. The molecular weight excluding hydrogens is 356 g/mol. The Hall–Kier alpha value is -3.22. The molecule has 2 aromatic heterocycles. The molecule has 0 spiro atoms. The van der Waals surface area contributed by atoms with Gasteiger partial charge >= 0.3 is 0 Å². The lowest BCUT2D eigenvalue weighted by Gasteiger charge is -2.31. The van der Waals surface area contributed by atoms with Crippen LogP contribution in [0.1, 0.15) is 47.6 Å². The number of amides is 1. The van der Waals surface area contributed by atoms with Crippen LogP contribution in [0.2, 0.25) is 0 Å². The van der Waals surface area contributed by atoms with Gasteiger partial charge in [0.2, 0.25) is 11.6 Å². The highest BCUT2D eigenvalue weighted by Gasteiger charge is 2.28. The van der Waals surface area contributed by atoms with Crippen molar-refractivity contribution in [3.8, 4) is 11.6 Å². The van der Waals surface area contributed by atoms with Crippen LogP contribution in [0.5, 0.6) is 11.6 Å². The van der Waals surface area contributed by atoms with E-state index < -0.39 is 0 Å². The molecule has 1 aliphatic heterocycles. The second-order valence-corrected chi connectivity index (χ2v) is 6.82. The third kappa shape index (κ3) is 4.03. The number of ether oxygens (including phenoxy) is 1. The third-order valence-electron chi connectivity index (χ3n) is 4.86. The molecule has 0 N–H and O–H groups in total. The van der Waals surface area contributed by atoms with Crippen LogP contribution in [-0.2, 0) is 6.42 Å². The summed E-state index contributed by atoms with van der Waals surface area (Å²) in [5, 5.41) is 3.92. The lowest BCUT2D eigenvalue weighted by molar-refractivity contribution is 0.0663. The first kappa shape index (κ1) is 18.2. The molecule has 1 aliphatic rings. The summed E-state index contributed by atoms with van der Waals surface area (Å²) in [6.07, 6.45) is 5.94. The van der Waals surface area contributed by atoms with E-state index in [1.165, 1.54) is 0 Å². The van der Waals surface area contributed by atoms with Crippen LogP contribution in [0, 0.1) is 0 Å². The van der Waals surface area contributed by atoms with Crippen LogP contribution in [0.15, 0.2) is 53.3 Å². The highest BCUT2D eigenvalue weighted by Crippen LogP contribution is 2.28. The Labute approximate surface area is 163 Å². The first-order valence-electron chi connectivity index (χ1n) is 9.52. The summed E-state index contributed by atoms with van der Waals surface area (Å²) in [6.45, 7) is 3.25. The molecule has 0 saturated carbocycles. The van der Waals surface area contributed by atoms with E-state index in [2.05, 4.69) is 15.1 Å². The topological polar surface area (TPSA) is 81.4 Å². The Morgan fingerprint density at radius 3 is 2.93 bits per heavy atom. The van der Waals surface area contributed by atoms with E-state index >= 15 is 0 Å². The minimum absolute atomic E-state index is 0.109. The van der Waals surface area contributed by atoms with Gasteiger partial charge in [-0.2, -0.15) is 0 Å².